The fourth-order valence-electron chi connectivity index (χ4n) is 1.70. The van der Waals surface area contributed by atoms with Crippen LogP contribution in [0.2, 0.25) is 0 Å². The first kappa shape index (κ1) is 11.0. The summed E-state index contributed by atoms with van der Waals surface area (Å²) in [6.45, 7) is 8.60. The minimum absolute atomic E-state index is 0.157. The third kappa shape index (κ3) is 3.63. The lowest BCUT2D eigenvalue weighted by Crippen LogP contribution is -2.50. The van der Waals surface area contributed by atoms with Gasteiger partial charge in [0, 0.05) is 32.2 Å². The fraction of sp³-hybridized carbons (Fsp3) is 1.00. The van der Waals surface area contributed by atoms with Crippen molar-refractivity contribution in [3.8, 4) is 0 Å². The minimum Gasteiger partial charge on any atom is -0.393 e. The first-order valence-corrected chi connectivity index (χ1v) is 5.20. The summed E-state index contributed by atoms with van der Waals surface area (Å²) in [4.78, 5) is 4.83. The normalized spacial score (nSPS) is 29.1. The van der Waals surface area contributed by atoms with Crippen molar-refractivity contribution in [2.24, 2.45) is 0 Å². The van der Waals surface area contributed by atoms with E-state index in [-0.39, 0.29) is 6.10 Å². The van der Waals surface area contributed by atoms with Crippen LogP contribution in [0.3, 0.4) is 0 Å². The lowest BCUT2D eigenvalue weighted by molar-refractivity contribution is 0.0879. The van der Waals surface area contributed by atoms with E-state index in [0.717, 1.165) is 32.6 Å². The summed E-state index contributed by atoms with van der Waals surface area (Å²) in [6, 6.07) is 0.655. The van der Waals surface area contributed by atoms with E-state index in [4.69, 9.17) is 5.11 Å². The Morgan fingerprint density at radius 2 is 2.15 bits per heavy atom. The molecule has 0 amide bonds. The van der Waals surface area contributed by atoms with E-state index in [9.17, 15) is 0 Å². The van der Waals surface area contributed by atoms with Gasteiger partial charge in [-0.1, -0.05) is 0 Å². The summed E-state index contributed by atoms with van der Waals surface area (Å²) < 4.78 is 0. The van der Waals surface area contributed by atoms with Crippen LogP contribution in [0.5, 0.6) is 0 Å². The fourth-order valence-corrected chi connectivity index (χ4v) is 1.70. The van der Waals surface area contributed by atoms with Gasteiger partial charge in [-0.25, -0.2) is 0 Å². The van der Waals surface area contributed by atoms with Crippen molar-refractivity contribution in [2.75, 3.05) is 33.2 Å². The maximum Gasteiger partial charge on any atom is 0.0524 e. The molecule has 2 atom stereocenters. The molecule has 78 valence electrons. The molecule has 1 fully saturated rings. The van der Waals surface area contributed by atoms with Gasteiger partial charge in [-0.15, -0.1) is 0 Å². The van der Waals surface area contributed by atoms with Gasteiger partial charge in [0.2, 0.25) is 0 Å². The van der Waals surface area contributed by atoms with E-state index in [1.54, 1.807) is 0 Å². The molecule has 1 N–H and O–H groups in total. The van der Waals surface area contributed by atoms with Crippen molar-refractivity contribution < 1.29 is 5.11 Å². The molecule has 1 aliphatic rings. The monoisotopic (exact) mass is 186 g/mol. The molecule has 0 bridgehead atoms. The van der Waals surface area contributed by atoms with Crippen molar-refractivity contribution in [2.45, 2.75) is 32.4 Å². The lowest BCUT2D eigenvalue weighted by Gasteiger charge is -2.37. The summed E-state index contributed by atoms with van der Waals surface area (Å²) in [7, 11) is 2.18. The van der Waals surface area contributed by atoms with E-state index >= 15 is 0 Å². The number of hydrogen-bond donors (Lipinski definition) is 1. The average Bonchev–Trinajstić information content (AvgIpc) is 2.07. The van der Waals surface area contributed by atoms with Crippen molar-refractivity contribution in [3.05, 3.63) is 0 Å². The molecule has 1 heterocycles. The maximum absolute atomic E-state index is 9.16. The highest BCUT2D eigenvalue weighted by molar-refractivity contribution is 4.76. The number of rotatable bonds is 3. The van der Waals surface area contributed by atoms with Gasteiger partial charge in [-0.05, 0) is 27.3 Å². The van der Waals surface area contributed by atoms with Gasteiger partial charge in [0.15, 0.2) is 0 Å². The number of piperazine rings is 1. The molecule has 3 heteroatoms. The average molecular weight is 186 g/mol. The van der Waals surface area contributed by atoms with E-state index in [2.05, 4.69) is 23.8 Å². The van der Waals surface area contributed by atoms with Crippen LogP contribution in [0.4, 0.5) is 0 Å². The lowest BCUT2D eigenvalue weighted by atomic mass is 10.2. The zero-order chi connectivity index (χ0) is 9.84. The topological polar surface area (TPSA) is 26.7 Å². The Labute approximate surface area is 81.3 Å². The van der Waals surface area contributed by atoms with Crippen molar-refractivity contribution >= 4 is 0 Å². The molecule has 1 rings (SSSR count). The van der Waals surface area contributed by atoms with Crippen LogP contribution in [-0.2, 0) is 0 Å². The van der Waals surface area contributed by atoms with Crippen LogP contribution in [-0.4, -0.2) is 60.3 Å². The molecule has 0 saturated carbocycles. The van der Waals surface area contributed by atoms with Gasteiger partial charge in [0.25, 0.3) is 0 Å². The molecular formula is C10H22N2O. The van der Waals surface area contributed by atoms with Gasteiger partial charge in [-0.2, -0.15) is 0 Å². The predicted molar refractivity (Wildman–Crippen MR) is 54.8 cm³/mol. The molecule has 1 aliphatic heterocycles. The molecule has 0 aromatic carbocycles. The summed E-state index contributed by atoms with van der Waals surface area (Å²) in [5.41, 5.74) is 0. The number of hydrogen-bond acceptors (Lipinski definition) is 3. The van der Waals surface area contributed by atoms with Crippen LogP contribution >= 0.6 is 0 Å². The molecule has 0 spiro atoms. The number of aliphatic hydroxyl groups excluding tert-OH is 1. The van der Waals surface area contributed by atoms with Crippen LogP contribution in [0, 0.1) is 0 Å². The van der Waals surface area contributed by atoms with E-state index in [0.29, 0.717) is 6.04 Å². The zero-order valence-corrected chi connectivity index (χ0v) is 9.03. The van der Waals surface area contributed by atoms with E-state index in [1.165, 1.54) is 0 Å². The first-order valence-electron chi connectivity index (χ1n) is 5.20. The molecule has 0 radical (unpaired) electrons. The summed E-state index contributed by atoms with van der Waals surface area (Å²) in [6.07, 6.45) is 0.742. The summed E-state index contributed by atoms with van der Waals surface area (Å²) in [5, 5.41) is 9.16. The molecule has 0 aromatic rings. The summed E-state index contributed by atoms with van der Waals surface area (Å²) in [5.74, 6) is 0. The third-order valence-corrected chi connectivity index (χ3v) is 2.91. The van der Waals surface area contributed by atoms with Crippen LogP contribution in [0.1, 0.15) is 20.3 Å². The van der Waals surface area contributed by atoms with Crippen LogP contribution < -0.4 is 0 Å². The minimum atomic E-state index is -0.157. The highest BCUT2D eigenvalue weighted by Gasteiger charge is 2.19. The molecule has 0 aromatic heterocycles. The Morgan fingerprint density at radius 3 is 2.69 bits per heavy atom. The molecular weight excluding hydrogens is 164 g/mol. The Bertz CT molecular complexity index is 150. The standard InChI is InChI=1S/C10H22N2O/c1-9-8-12(5-4-10(2)13)7-6-11(9)3/h9-10,13H,4-8H2,1-3H3. The van der Waals surface area contributed by atoms with Crippen LogP contribution in [0.15, 0.2) is 0 Å². The molecule has 2 unspecified atom stereocenters. The maximum atomic E-state index is 9.16. The number of likely N-dealkylation sites (N-methyl/N-ethyl adjacent to an activating group) is 1. The highest BCUT2D eigenvalue weighted by atomic mass is 16.3. The predicted octanol–water partition coefficient (Wildman–Crippen LogP) is 0.393. The Hall–Kier alpha value is -0.120. The quantitative estimate of drug-likeness (QED) is 0.691. The van der Waals surface area contributed by atoms with Gasteiger partial charge in [-0.3, -0.25) is 0 Å². The van der Waals surface area contributed by atoms with Gasteiger partial charge in [0.1, 0.15) is 0 Å². The van der Waals surface area contributed by atoms with Gasteiger partial charge in [0.05, 0.1) is 6.10 Å². The zero-order valence-electron chi connectivity index (χ0n) is 9.03. The Kier molecular flexibility index (Phi) is 4.16. The Morgan fingerprint density at radius 1 is 1.46 bits per heavy atom. The van der Waals surface area contributed by atoms with E-state index < -0.39 is 0 Å². The highest BCUT2D eigenvalue weighted by Crippen LogP contribution is 2.07. The van der Waals surface area contributed by atoms with Crippen molar-refractivity contribution in [3.63, 3.8) is 0 Å². The second-order valence-electron chi connectivity index (χ2n) is 4.27. The van der Waals surface area contributed by atoms with Crippen molar-refractivity contribution in [1.82, 2.24) is 9.80 Å². The number of nitrogens with zero attached hydrogens (tertiary/aromatic N) is 2. The molecule has 1 saturated heterocycles. The number of aliphatic hydroxyl groups is 1. The SMILES string of the molecule is CC(O)CCN1CCN(C)C(C)C1. The third-order valence-electron chi connectivity index (χ3n) is 2.91. The van der Waals surface area contributed by atoms with E-state index in [1.807, 2.05) is 6.92 Å². The smallest absolute Gasteiger partial charge is 0.0524 e. The van der Waals surface area contributed by atoms with Crippen molar-refractivity contribution in [1.29, 1.82) is 0 Å². The second-order valence-corrected chi connectivity index (χ2v) is 4.27. The Balaban J connectivity index is 2.21. The summed E-state index contributed by atoms with van der Waals surface area (Å²) >= 11 is 0. The largest absolute Gasteiger partial charge is 0.393 e. The molecule has 3 nitrogen and oxygen atoms in total. The van der Waals surface area contributed by atoms with Crippen LogP contribution in [0.25, 0.3) is 0 Å². The van der Waals surface area contributed by atoms with Gasteiger partial charge < -0.3 is 14.9 Å². The molecule has 13 heavy (non-hydrogen) atoms. The second kappa shape index (κ2) is 4.94. The first-order chi connectivity index (χ1) is 6.09. The van der Waals surface area contributed by atoms with Gasteiger partial charge >= 0.3 is 0 Å². The molecule has 0 aliphatic carbocycles.